The van der Waals surface area contributed by atoms with E-state index in [2.05, 4.69) is 30.6 Å². The molecule has 0 aromatic carbocycles. The van der Waals surface area contributed by atoms with Gasteiger partial charge >= 0.3 is 0 Å². The number of nitrogens with one attached hydrogen (secondary N) is 1. The second kappa shape index (κ2) is 5.53. The van der Waals surface area contributed by atoms with Crippen molar-refractivity contribution in [3.8, 4) is 28.5 Å². The van der Waals surface area contributed by atoms with E-state index in [4.69, 9.17) is 10.5 Å². The van der Waals surface area contributed by atoms with E-state index in [-0.39, 0.29) is 0 Å². The van der Waals surface area contributed by atoms with Gasteiger partial charge in [0.15, 0.2) is 5.82 Å². The highest BCUT2D eigenvalue weighted by atomic mass is 16.5. The Morgan fingerprint density at radius 3 is 2.81 bits per heavy atom. The summed E-state index contributed by atoms with van der Waals surface area (Å²) < 4.78 is 5.33. The molecule has 0 radical (unpaired) electrons. The van der Waals surface area contributed by atoms with Crippen LogP contribution in [-0.2, 0) is 0 Å². The van der Waals surface area contributed by atoms with Crippen LogP contribution in [0.15, 0.2) is 30.6 Å². The first-order chi connectivity index (χ1) is 10.3. The van der Waals surface area contributed by atoms with E-state index in [1.807, 2.05) is 13.0 Å². The van der Waals surface area contributed by atoms with Crippen LogP contribution in [0.25, 0.3) is 22.6 Å². The van der Waals surface area contributed by atoms with Crippen LogP contribution >= 0.6 is 0 Å². The molecule has 0 saturated carbocycles. The molecule has 3 aromatic rings. The smallest absolute Gasteiger partial charge is 0.213 e. The standard InChI is InChI=1S/C13H13N7O/c1-2-21-11-4-3-8(6-15-11)12-10(5-9(14)7-16-12)13-17-19-20-18-13/h3-7H,2,14H2,1H3,(H,17,18,19,20). The summed E-state index contributed by atoms with van der Waals surface area (Å²) >= 11 is 0. The first-order valence-corrected chi connectivity index (χ1v) is 6.36. The van der Waals surface area contributed by atoms with Crippen LogP contribution in [0.1, 0.15) is 6.92 Å². The minimum Gasteiger partial charge on any atom is -0.478 e. The predicted octanol–water partition coefficient (Wildman–Crippen LogP) is 1.30. The van der Waals surface area contributed by atoms with Gasteiger partial charge in [0.25, 0.3) is 0 Å². The van der Waals surface area contributed by atoms with Gasteiger partial charge < -0.3 is 10.5 Å². The Morgan fingerprint density at radius 2 is 2.14 bits per heavy atom. The van der Waals surface area contributed by atoms with Gasteiger partial charge in [-0.25, -0.2) is 10.1 Å². The van der Waals surface area contributed by atoms with Crippen molar-refractivity contribution in [3.63, 3.8) is 0 Å². The molecule has 3 aromatic heterocycles. The van der Waals surface area contributed by atoms with Crippen molar-refractivity contribution in [2.24, 2.45) is 0 Å². The van der Waals surface area contributed by atoms with E-state index in [9.17, 15) is 0 Å². The maximum atomic E-state index is 5.79. The number of tetrazole rings is 1. The first kappa shape index (κ1) is 13.0. The van der Waals surface area contributed by atoms with E-state index in [1.165, 1.54) is 0 Å². The Bertz CT molecular complexity index is 725. The topological polar surface area (TPSA) is 115 Å². The highest BCUT2D eigenvalue weighted by molar-refractivity contribution is 5.78. The van der Waals surface area contributed by atoms with E-state index in [0.29, 0.717) is 35.3 Å². The quantitative estimate of drug-likeness (QED) is 0.741. The lowest BCUT2D eigenvalue weighted by atomic mass is 10.1. The second-order valence-corrected chi connectivity index (χ2v) is 4.23. The lowest BCUT2D eigenvalue weighted by molar-refractivity contribution is 0.327. The molecule has 0 spiro atoms. The lowest BCUT2D eigenvalue weighted by Gasteiger charge is -2.08. The molecule has 0 amide bonds. The van der Waals surface area contributed by atoms with Crippen molar-refractivity contribution in [1.29, 1.82) is 0 Å². The molecule has 0 fully saturated rings. The molecule has 8 heteroatoms. The maximum Gasteiger partial charge on any atom is 0.213 e. The third-order valence-electron chi connectivity index (χ3n) is 2.81. The summed E-state index contributed by atoms with van der Waals surface area (Å²) in [5, 5.41) is 13.8. The molecule has 3 rings (SSSR count). The van der Waals surface area contributed by atoms with Gasteiger partial charge in [0.05, 0.1) is 24.2 Å². The number of aromatic amines is 1. The highest BCUT2D eigenvalue weighted by Crippen LogP contribution is 2.29. The van der Waals surface area contributed by atoms with Crippen LogP contribution in [0.2, 0.25) is 0 Å². The number of nitrogens with two attached hydrogens (primary N) is 1. The number of nitrogen functional groups attached to an aromatic ring is 1. The largest absolute Gasteiger partial charge is 0.478 e. The van der Waals surface area contributed by atoms with E-state index in [0.717, 1.165) is 5.56 Å². The fraction of sp³-hybridized carbons (Fsp3) is 0.154. The van der Waals surface area contributed by atoms with Crippen molar-refractivity contribution in [2.75, 3.05) is 12.3 Å². The fourth-order valence-corrected chi connectivity index (χ4v) is 1.92. The van der Waals surface area contributed by atoms with E-state index < -0.39 is 0 Å². The predicted molar refractivity (Wildman–Crippen MR) is 76.2 cm³/mol. The first-order valence-electron chi connectivity index (χ1n) is 6.36. The number of hydrogen-bond donors (Lipinski definition) is 2. The van der Waals surface area contributed by atoms with Gasteiger partial charge in [-0.15, -0.1) is 5.10 Å². The van der Waals surface area contributed by atoms with Crippen LogP contribution < -0.4 is 10.5 Å². The van der Waals surface area contributed by atoms with Crippen LogP contribution in [0.5, 0.6) is 5.88 Å². The Morgan fingerprint density at radius 1 is 1.24 bits per heavy atom. The van der Waals surface area contributed by atoms with Gasteiger partial charge in [0.2, 0.25) is 5.88 Å². The third-order valence-corrected chi connectivity index (χ3v) is 2.81. The minimum atomic E-state index is 0.499. The second-order valence-electron chi connectivity index (χ2n) is 4.23. The summed E-state index contributed by atoms with van der Waals surface area (Å²) in [5.74, 6) is 1.07. The summed E-state index contributed by atoms with van der Waals surface area (Å²) in [6.07, 6.45) is 3.27. The molecule has 21 heavy (non-hydrogen) atoms. The Labute approximate surface area is 120 Å². The summed E-state index contributed by atoms with van der Waals surface area (Å²) in [5.41, 5.74) is 8.56. The van der Waals surface area contributed by atoms with Crippen LogP contribution in [0.3, 0.4) is 0 Å². The zero-order chi connectivity index (χ0) is 14.7. The number of nitrogens with zero attached hydrogens (tertiary/aromatic N) is 5. The van der Waals surface area contributed by atoms with Crippen molar-refractivity contribution < 1.29 is 4.74 Å². The van der Waals surface area contributed by atoms with Gasteiger partial charge in [-0.3, -0.25) is 4.98 Å². The van der Waals surface area contributed by atoms with Gasteiger partial charge in [-0.05, 0) is 29.5 Å². The van der Waals surface area contributed by atoms with Crippen molar-refractivity contribution in [1.82, 2.24) is 30.6 Å². The van der Waals surface area contributed by atoms with Crippen molar-refractivity contribution in [2.45, 2.75) is 6.92 Å². The molecule has 0 bridgehead atoms. The van der Waals surface area contributed by atoms with Gasteiger partial charge in [-0.1, -0.05) is 0 Å². The summed E-state index contributed by atoms with van der Waals surface area (Å²) in [4.78, 5) is 8.59. The molecule has 0 saturated heterocycles. The lowest BCUT2D eigenvalue weighted by Crippen LogP contribution is -1.97. The summed E-state index contributed by atoms with van der Waals surface area (Å²) in [6, 6.07) is 5.43. The van der Waals surface area contributed by atoms with E-state index >= 15 is 0 Å². The number of H-pyrrole nitrogens is 1. The summed E-state index contributed by atoms with van der Waals surface area (Å²) in [7, 11) is 0. The molecule has 0 aliphatic carbocycles. The highest BCUT2D eigenvalue weighted by Gasteiger charge is 2.13. The monoisotopic (exact) mass is 283 g/mol. The Kier molecular flexibility index (Phi) is 3.42. The van der Waals surface area contributed by atoms with Crippen LogP contribution in [0.4, 0.5) is 5.69 Å². The molecule has 8 nitrogen and oxygen atoms in total. The molecule has 3 N–H and O–H groups in total. The molecule has 0 aliphatic rings. The molecular formula is C13H13N7O. The summed E-state index contributed by atoms with van der Waals surface area (Å²) in [6.45, 7) is 2.48. The Hall–Kier alpha value is -3.03. The number of aromatic nitrogens is 6. The molecule has 0 atom stereocenters. The third kappa shape index (κ3) is 2.64. The Balaban J connectivity index is 2.05. The van der Waals surface area contributed by atoms with Gasteiger partial charge in [-0.2, -0.15) is 0 Å². The SMILES string of the molecule is CCOc1ccc(-c2ncc(N)cc2-c2nnn[nH]2)cn1. The van der Waals surface area contributed by atoms with Gasteiger partial charge in [0.1, 0.15) is 0 Å². The minimum absolute atomic E-state index is 0.499. The number of ether oxygens (including phenoxy) is 1. The fourth-order valence-electron chi connectivity index (χ4n) is 1.92. The molecule has 0 aliphatic heterocycles. The molecule has 0 unspecified atom stereocenters. The maximum absolute atomic E-state index is 5.79. The number of hydrogen-bond acceptors (Lipinski definition) is 7. The number of rotatable bonds is 4. The molecule has 3 heterocycles. The van der Waals surface area contributed by atoms with Crippen LogP contribution in [0, 0.1) is 0 Å². The van der Waals surface area contributed by atoms with Crippen molar-refractivity contribution >= 4 is 5.69 Å². The molecule has 106 valence electrons. The number of anilines is 1. The average molecular weight is 283 g/mol. The van der Waals surface area contributed by atoms with Crippen molar-refractivity contribution in [3.05, 3.63) is 30.6 Å². The zero-order valence-electron chi connectivity index (χ0n) is 11.3. The number of pyridine rings is 2. The zero-order valence-corrected chi connectivity index (χ0v) is 11.3. The van der Waals surface area contributed by atoms with E-state index in [1.54, 1.807) is 24.5 Å². The molecular weight excluding hydrogens is 270 g/mol. The average Bonchev–Trinajstić information content (AvgIpc) is 3.03. The van der Waals surface area contributed by atoms with Crippen LogP contribution in [-0.4, -0.2) is 37.2 Å². The van der Waals surface area contributed by atoms with Gasteiger partial charge in [0, 0.05) is 23.4 Å². The normalized spacial score (nSPS) is 10.5.